The van der Waals surface area contributed by atoms with Crippen LogP contribution in [-0.4, -0.2) is 53.9 Å². The Bertz CT molecular complexity index is 712. The van der Waals surface area contributed by atoms with Gasteiger partial charge in [-0.2, -0.15) is 0 Å². The van der Waals surface area contributed by atoms with E-state index in [4.69, 9.17) is 4.74 Å². The highest BCUT2D eigenvalue weighted by atomic mass is 16.5. The Balaban J connectivity index is 1.64. The maximum Gasteiger partial charge on any atom is 0.258 e. The Morgan fingerprint density at radius 3 is 2.43 bits per heavy atom. The van der Waals surface area contributed by atoms with E-state index in [-0.39, 0.29) is 23.9 Å². The number of para-hydroxylation sites is 1. The number of fused-ring (bicyclic) bond motifs is 1. The van der Waals surface area contributed by atoms with Crippen LogP contribution in [0.1, 0.15) is 68.1 Å². The summed E-state index contributed by atoms with van der Waals surface area (Å²) in [6.45, 7) is 1.67. The fourth-order valence-corrected chi connectivity index (χ4v) is 5.43. The number of likely N-dealkylation sites (tertiary alicyclic amines) is 2. The molecule has 1 aromatic rings. The second-order valence-electron chi connectivity index (χ2n) is 8.52. The van der Waals surface area contributed by atoms with E-state index < -0.39 is 0 Å². The minimum atomic E-state index is -0.316. The number of benzene rings is 1. The first-order valence-corrected chi connectivity index (χ1v) is 10.9. The highest BCUT2D eigenvalue weighted by Crippen LogP contribution is 2.41. The molecular formula is C23H32N2O3. The van der Waals surface area contributed by atoms with Crippen molar-refractivity contribution >= 4 is 11.8 Å². The van der Waals surface area contributed by atoms with Gasteiger partial charge >= 0.3 is 0 Å². The molecule has 0 bridgehead atoms. The Kier molecular flexibility index (Phi) is 5.88. The number of carbonyl (C=O) groups is 2. The molecule has 0 radical (unpaired) electrons. The molecule has 5 heteroatoms. The Labute approximate surface area is 168 Å². The number of amides is 2. The van der Waals surface area contributed by atoms with Gasteiger partial charge in [-0.1, -0.05) is 37.8 Å². The van der Waals surface area contributed by atoms with Gasteiger partial charge in [-0.05, 0) is 50.2 Å². The lowest BCUT2D eigenvalue weighted by Gasteiger charge is -2.35. The molecule has 2 aliphatic heterocycles. The molecule has 1 aliphatic carbocycles. The van der Waals surface area contributed by atoms with Crippen LogP contribution in [-0.2, 0) is 4.79 Å². The third kappa shape index (κ3) is 3.63. The van der Waals surface area contributed by atoms with Crippen LogP contribution >= 0.6 is 0 Å². The van der Waals surface area contributed by atoms with Crippen LogP contribution < -0.4 is 4.74 Å². The summed E-state index contributed by atoms with van der Waals surface area (Å²) >= 11 is 0. The molecule has 4 rings (SSSR count). The molecule has 28 heavy (non-hydrogen) atoms. The third-order valence-corrected chi connectivity index (χ3v) is 6.86. The molecule has 2 saturated heterocycles. The average Bonchev–Trinajstić information content (AvgIpc) is 2.91. The van der Waals surface area contributed by atoms with Crippen LogP contribution in [0.15, 0.2) is 24.3 Å². The van der Waals surface area contributed by atoms with E-state index >= 15 is 0 Å². The predicted molar refractivity (Wildman–Crippen MR) is 108 cm³/mol. The van der Waals surface area contributed by atoms with Gasteiger partial charge in [0.25, 0.3) is 5.91 Å². The third-order valence-electron chi connectivity index (χ3n) is 6.86. The molecule has 1 saturated carbocycles. The van der Waals surface area contributed by atoms with Gasteiger partial charge in [-0.15, -0.1) is 0 Å². The molecule has 0 spiro atoms. The fraction of sp³-hybridized carbons (Fsp3) is 0.652. The summed E-state index contributed by atoms with van der Waals surface area (Å²) in [4.78, 5) is 31.1. The van der Waals surface area contributed by atoms with Gasteiger partial charge in [0.1, 0.15) is 11.8 Å². The molecule has 3 unspecified atom stereocenters. The summed E-state index contributed by atoms with van der Waals surface area (Å²) < 4.78 is 5.45. The Morgan fingerprint density at radius 1 is 0.964 bits per heavy atom. The minimum Gasteiger partial charge on any atom is -0.496 e. The molecule has 0 N–H and O–H groups in total. The average molecular weight is 385 g/mol. The van der Waals surface area contributed by atoms with Crippen LogP contribution in [0.2, 0.25) is 0 Å². The zero-order chi connectivity index (χ0) is 19.5. The monoisotopic (exact) mass is 384 g/mol. The summed E-state index contributed by atoms with van der Waals surface area (Å²) in [6, 6.07) is 7.27. The van der Waals surface area contributed by atoms with E-state index in [0.29, 0.717) is 17.2 Å². The van der Waals surface area contributed by atoms with E-state index in [1.807, 2.05) is 34.1 Å². The smallest absolute Gasteiger partial charge is 0.258 e. The van der Waals surface area contributed by atoms with Crippen LogP contribution in [0.3, 0.4) is 0 Å². The summed E-state index contributed by atoms with van der Waals surface area (Å²) in [5, 5.41) is 0. The minimum absolute atomic E-state index is 0.0416. The SMILES string of the molecule is COc1ccccc1C(=O)N1C(C(=O)N2CCCCCC2)CC2CCCCC21. The lowest BCUT2D eigenvalue weighted by Crippen LogP contribution is -2.51. The molecular weight excluding hydrogens is 352 g/mol. The summed E-state index contributed by atoms with van der Waals surface area (Å²) in [7, 11) is 1.60. The maximum atomic E-state index is 13.6. The van der Waals surface area contributed by atoms with Crippen LogP contribution in [0.4, 0.5) is 0 Å². The quantitative estimate of drug-likeness (QED) is 0.795. The summed E-state index contributed by atoms with van der Waals surface area (Å²) in [5.41, 5.74) is 0.574. The first kappa shape index (κ1) is 19.3. The number of nitrogens with zero attached hydrogens (tertiary/aromatic N) is 2. The van der Waals surface area contributed by atoms with Crippen molar-refractivity contribution < 1.29 is 14.3 Å². The van der Waals surface area contributed by atoms with Crippen LogP contribution in [0.5, 0.6) is 5.75 Å². The molecule has 5 nitrogen and oxygen atoms in total. The second kappa shape index (κ2) is 8.54. The molecule has 3 atom stereocenters. The number of ether oxygens (including phenoxy) is 1. The lowest BCUT2D eigenvalue weighted by molar-refractivity contribution is -0.135. The van der Waals surface area contributed by atoms with Gasteiger partial charge in [0.15, 0.2) is 0 Å². The van der Waals surface area contributed by atoms with Gasteiger partial charge in [0.2, 0.25) is 5.91 Å². The van der Waals surface area contributed by atoms with E-state index in [0.717, 1.165) is 51.6 Å². The van der Waals surface area contributed by atoms with E-state index in [9.17, 15) is 9.59 Å². The van der Waals surface area contributed by atoms with Gasteiger partial charge in [-0.3, -0.25) is 9.59 Å². The molecule has 1 aromatic carbocycles. The van der Waals surface area contributed by atoms with Crippen LogP contribution in [0.25, 0.3) is 0 Å². The first-order valence-electron chi connectivity index (χ1n) is 10.9. The van der Waals surface area contributed by atoms with Gasteiger partial charge in [-0.25, -0.2) is 0 Å². The van der Waals surface area contributed by atoms with Crippen molar-refractivity contribution in [3.63, 3.8) is 0 Å². The number of rotatable bonds is 3. The topological polar surface area (TPSA) is 49.9 Å². The van der Waals surface area contributed by atoms with Crippen molar-refractivity contribution in [1.29, 1.82) is 0 Å². The number of carbonyl (C=O) groups excluding carboxylic acids is 2. The number of hydrogen-bond donors (Lipinski definition) is 0. The number of methoxy groups -OCH3 is 1. The van der Waals surface area contributed by atoms with Crippen LogP contribution in [0, 0.1) is 5.92 Å². The fourth-order valence-electron chi connectivity index (χ4n) is 5.43. The second-order valence-corrected chi connectivity index (χ2v) is 8.52. The van der Waals surface area contributed by atoms with Crippen molar-refractivity contribution in [3.8, 4) is 5.75 Å². The molecule has 3 aliphatic rings. The molecule has 0 aromatic heterocycles. The summed E-state index contributed by atoms with van der Waals surface area (Å²) in [5.74, 6) is 1.17. The maximum absolute atomic E-state index is 13.6. The van der Waals surface area contributed by atoms with E-state index in [1.165, 1.54) is 19.3 Å². The molecule has 152 valence electrons. The normalized spacial score (nSPS) is 27.8. The van der Waals surface area contributed by atoms with Crippen molar-refractivity contribution in [3.05, 3.63) is 29.8 Å². The largest absolute Gasteiger partial charge is 0.496 e. The zero-order valence-corrected chi connectivity index (χ0v) is 16.9. The first-order chi connectivity index (χ1) is 13.7. The molecule has 2 amide bonds. The molecule has 3 fully saturated rings. The van der Waals surface area contributed by atoms with Gasteiger partial charge in [0, 0.05) is 19.1 Å². The van der Waals surface area contributed by atoms with Crippen molar-refractivity contribution in [2.24, 2.45) is 5.92 Å². The summed E-state index contributed by atoms with van der Waals surface area (Å²) in [6.07, 6.45) is 9.86. The highest BCUT2D eigenvalue weighted by Gasteiger charge is 2.48. The molecule has 2 heterocycles. The van der Waals surface area contributed by atoms with Crippen molar-refractivity contribution in [2.45, 2.75) is 69.9 Å². The Morgan fingerprint density at radius 2 is 1.68 bits per heavy atom. The van der Waals surface area contributed by atoms with E-state index in [1.54, 1.807) is 7.11 Å². The number of hydrogen-bond acceptors (Lipinski definition) is 3. The van der Waals surface area contributed by atoms with E-state index in [2.05, 4.69) is 0 Å². The lowest BCUT2D eigenvalue weighted by atomic mass is 9.84. The van der Waals surface area contributed by atoms with Gasteiger partial charge < -0.3 is 14.5 Å². The zero-order valence-electron chi connectivity index (χ0n) is 16.9. The van der Waals surface area contributed by atoms with Gasteiger partial charge in [0.05, 0.1) is 12.7 Å². The highest BCUT2D eigenvalue weighted by molar-refractivity contribution is 6.00. The predicted octanol–water partition coefficient (Wildman–Crippen LogP) is 3.87. The van der Waals surface area contributed by atoms with Crippen molar-refractivity contribution in [2.75, 3.05) is 20.2 Å². The van der Waals surface area contributed by atoms with Crippen molar-refractivity contribution in [1.82, 2.24) is 9.80 Å². The standard InChI is InChI=1S/C23H32N2O3/c1-28-21-13-7-5-11-18(21)22(26)25-19-12-6-4-10-17(19)16-20(25)23(27)24-14-8-2-3-9-15-24/h5,7,11,13,17,19-20H,2-4,6,8-10,12,14-16H2,1H3. The Hall–Kier alpha value is -2.04.